The van der Waals surface area contributed by atoms with Crippen LogP contribution in [-0.4, -0.2) is 65.8 Å². The van der Waals surface area contributed by atoms with E-state index >= 15 is 0 Å². The van der Waals surface area contributed by atoms with Crippen LogP contribution in [0.25, 0.3) is 0 Å². The SMILES string of the molecule is C=CC(=O)CC(C(=O)C=C)(C(=O)C=C)n1c(=O)n(C(CC(=O)C=C)(C(=O)C=C)C(=O)C=C)c(=O)n(C(CC(=O)C=C)(C(=O)C=C)C(=O)C=C)c1=O. The lowest BCUT2D eigenvalue weighted by Crippen LogP contribution is -2.73. The Labute approximate surface area is 289 Å². The molecule has 0 radical (unpaired) electrons. The van der Waals surface area contributed by atoms with Crippen molar-refractivity contribution in [2.75, 3.05) is 0 Å². The number of carbonyl (C=O) groups excluding carboxylic acids is 9. The van der Waals surface area contributed by atoms with Gasteiger partial charge in [-0.05, 0) is 54.7 Å². The second-order valence-electron chi connectivity index (χ2n) is 10.4. The van der Waals surface area contributed by atoms with Gasteiger partial charge in [0.1, 0.15) is 0 Å². The summed E-state index contributed by atoms with van der Waals surface area (Å²) >= 11 is 0. The highest BCUT2D eigenvalue weighted by atomic mass is 16.2. The Balaban J connectivity index is 5.60. The molecule has 0 aromatic carbocycles. The summed E-state index contributed by atoms with van der Waals surface area (Å²) in [6.07, 6.45) is -0.296. The molecule has 15 heteroatoms. The summed E-state index contributed by atoms with van der Waals surface area (Å²) in [6.45, 7) is 29.2. The van der Waals surface area contributed by atoms with Gasteiger partial charge in [0.25, 0.3) is 0 Å². The van der Waals surface area contributed by atoms with E-state index in [0.717, 1.165) is 0 Å². The first kappa shape index (κ1) is 42.1. The molecule has 0 bridgehead atoms. The van der Waals surface area contributed by atoms with Crippen molar-refractivity contribution in [1.29, 1.82) is 0 Å². The summed E-state index contributed by atoms with van der Waals surface area (Å²) in [6, 6.07) is 0. The van der Waals surface area contributed by atoms with Crippen molar-refractivity contribution in [3.63, 3.8) is 0 Å². The quantitative estimate of drug-likeness (QED) is 0.105. The van der Waals surface area contributed by atoms with Crippen molar-refractivity contribution in [3.8, 4) is 0 Å². The first-order valence-electron chi connectivity index (χ1n) is 14.4. The van der Waals surface area contributed by atoms with Gasteiger partial charge in [0, 0.05) is 19.3 Å². The number of aromatic nitrogens is 3. The molecule has 0 aliphatic heterocycles. The maximum Gasteiger partial charge on any atom is 0.338 e. The van der Waals surface area contributed by atoms with Crippen molar-refractivity contribution in [1.82, 2.24) is 13.7 Å². The van der Waals surface area contributed by atoms with E-state index in [1.807, 2.05) is 0 Å². The second-order valence-corrected chi connectivity index (χ2v) is 10.4. The average molecular weight is 700 g/mol. The Morgan fingerprint density at radius 2 is 0.510 bits per heavy atom. The molecule has 0 fully saturated rings. The molecular formula is C36H33N3O12. The first-order valence-corrected chi connectivity index (χ1v) is 14.4. The van der Waals surface area contributed by atoms with Crippen LogP contribution in [0.3, 0.4) is 0 Å². The molecule has 0 N–H and O–H groups in total. The number of nitrogens with zero attached hydrogens (tertiary/aromatic N) is 3. The van der Waals surface area contributed by atoms with Crippen molar-refractivity contribution in [3.05, 3.63) is 145 Å². The predicted molar refractivity (Wildman–Crippen MR) is 184 cm³/mol. The fraction of sp³-hybridized carbons (Fsp3) is 0.167. The Morgan fingerprint density at radius 3 is 0.627 bits per heavy atom. The molecule has 1 aromatic rings. The molecular weight excluding hydrogens is 666 g/mol. The highest BCUT2D eigenvalue weighted by Crippen LogP contribution is 2.29. The van der Waals surface area contributed by atoms with Crippen molar-refractivity contribution >= 4 is 52.0 Å². The smallest absolute Gasteiger partial charge is 0.295 e. The van der Waals surface area contributed by atoms with Crippen LogP contribution in [0.4, 0.5) is 0 Å². The predicted octanol–water partition coefficient (Wildman–Crippen LogP) is 0.224. The highest BCUT2D eigenvalue weighted by molar-refractivity contribution is 6.22. The topological polar surface area (TPSA) is 220 Å². The monoisotopic (exact) mass is 699 g/mol. The van der Waals surface area contributed by atoms with E-state index in [4.69, 9.17) is 0 Å². The van der Waals surface area contributed by atoms with Crippen molar-refractivity contribution in [2.24, 2.45) is 0 Å². The minimum atomic E-state index is -3.44. The third kappa shape index (κ3) is 6.72. The van der Waals surface area contributed by atoms with Gasteiger partial charge < -0.3 is 0 Å². The first-order chi connectivity index (χ1) is 23.8. The summed E-state index contributed by atoms with van der Waals surface area (Å²) in [5.74, 6) is -13.2. The van der Waals surface area contributed by atoms with Crippen LogP contribution in [0.1, 0.15) is 19.3 Å². The third-order valence-corrected chi connectivity index (χ3v) is 7.82. The standard InChI is InChI=1S/C36H33N3O12/c1-10-22(40)19-34(25(43)13-4,26(44)14-5)37-31(49)38(35(27(45)15-6,28(46)16-7)20-23(41)11-2)33(51)39(32(37)50)36(29(47)17-8,30(48)18-9)21-24(42)12-3/h10-18H,1-9,19-21H2. The Bertz CT molecular complexity index is 1760. The lowest BCUT2D eigenvalue weighted by Gasteiger charge is -2.37. The highest BCUT2D eigenvalue weighted by Gasteiger charge is 2.57. The van der Waals surface area contributed by atoms with Gasteiger partial charge in [-0.15, -0.1) is 0 Å². The van der Waals surface area contributed by atoms with E-state index in [9.17, 15) is 57.5 Å². The molecule has 1 rings (SSSR count). The van der Waals surface area contributed by atoms with Gasteiger partial charge in [0.2, 0.25) is 0 Å². The summed E-state index contributed by atoms with van der Waals surface area (Å²) in [5, 5.41) is 0. The molecule has 0 spiro atoms. The summed E-state index contributed by atoms with van der Waals surface area (Å²) in [5.41, 5.74) is -16.9. The minimum absolute atomic E-state index is 0.385. The summed E-state index contributed by atoms with van der Waals surface area (Å²) in [4.78, 5) is 166. The Kier molecular flexibility index (Phi) is 13.6. The lowest BCUT2D eigenvalue weighted by molar-refractivity contribution is -0.140. The van der Waals surface area contributed by atoms with Crippen LogP contribution in [0.2, 0.25) is 0 Å². The van der Waals surface area contributed by atoms with Crippen LogP contribution in [0, 0.1) is 0 Å². The van der Waals surface area contributed by atoms with E-state index in [2.05, 4.69) is 59.2 Å². The van der Waals surface area contributed by atoms with Gasteiger partial charge in [-0.2, -0.15) is 0 Å². The zero-order chi connectivity index (χ0) is 39.6. The fourth-order valence-electron chi connectivity index (χ4n) is 5.30. The largest absolute Gasteiger partial charge is 0.338 e. The Morgan fingerprint density at radius 1 is 0.353 bits per heavy atom. The van der Waals surface area contributed by atoms with Crippen LogP contribution in [0.5, 0.6) is 0 Å². The fourth-order valence-corrected chi connectivity index (χ4v) is 5.30. The van der Waals surface area contributed by atoms with Gasteiger partial charge in [-0.1, -0.05) is 59.2 Å². The van der Waals surface area contributed by atoms with Crippen LogP contribution in [0.15, 0.2) is 128 Å². The molecule has 0 saturated carbocycles. The second kappa shape index (κ2) is 16.5. The molecule has 0 aliphatic rings. The molecule has 264 valence electrons. The number of ketones is 9. The molecule has 1 heterocycles. The number of carbonyl (C=O) groups is 9. The van der Waals surface area contributed by atoms with Gasteiger partial charge >= 0.3 is 17.1 Å². The third-order valence-electron chi connectivity index (χ3n) is 7.82. The molecule has 1 aromatic heterocycles. The Hall–Kier alpha value is -6.90. The molecule has 0 amide bonds. The van der Waals surface area contributed by atoms with Crippen LogP contribution >= 0.6 is 0 Å². The zero-order valence-electron chi connectivity index (χ0n) is 27.4. The van der Waals surface area contributed by atoms with Crippen LogP contribution in [-0.2, 0) is 59.8 Å². The lowest BCUT2D eigenvalue weighted by atomic mass is 9.81. The number of hydrogen-bond acceptors (Lipinski definition) is 12. The van der Waals surface area contributed by atoms with Gasteiger partial charge in [-0.25, -0.2) is 28.1 Å². The molecule has 51 heavy (non-hydrogen) atoms. The van der Waals surface area contributed by atoms with Crippen molar-refractivity contribution < 1.29 is 43.2 Å². The van der Waals surface area contributed by atoms with Crippen molar-refractivity contribution in [2.45, 2.75) is 35.9 Å². The maximum atomic E-state index is 14.8. The normalized spacial score (nSPS) is 11.1. The molecule has 15 nitrogen and oxygen atoms in total. The van der Waals surface area contributed by atoms with E-state index in [1.165, 1.54) is 0 Å². The number of rotatable bonds is 24. The molecule has 0 saturated heterocycles. The maximum absolute atomic E-state index is 14.8. The summed E-state index contributed by atoms with van der Waals surface area (Å²) < 4.78 is -1.16. The van der Waals surface area contributed by atoms with E-state index < -0.39 is 105 Å². The number of allylic oxidation sites excluding steroid dienone is 9. The molecule has 0 atom stereocenters. The van der Waals surface area contributed by atoms with Crippen LogP contribution < -0.4 is 17.1 Å². The average Bonchev–Trinajstić information content (AvgIpc) is 3.13. The van der Waals surface area contributed by atoms with E-state index in [-0.39, 0.29) is 13.7 Å². The molecule has 0 aliphatic carbocycles. The van der Waals surface area contributed by atoms with Gasteiger partial charge in [-0.3, -0.25) is 43.2 Å². The van der Waals surface area contributed by atoms with Gasteiger partial charge in [0.15, 0.2) is 68.7 Å². The molecule has 0 unspecified atom stereocenters. The summed E-state index contributed by atoms with van der Waals surface area (Å²) in [7, 11) is 0. The number of hydrogen-bond donors (Lipinski definition) is 0. The van der Waals surface area contributed by atoms with E-state index in [1.54, 1.807) is 0 Å². The zero-order valence-corrected chi connectivity index (χ0v) is 27.4. The van der Waals surface area contributed by atoms with E-state index in [0.29, 0.717) is 54.7 Å². The minimum Gasteiger partial charge on any atom is -0.295 e. The van der Waals surface area contributed by atoms with Gasteiger partial charge in [0.05, 0.1) is 0 Å².